The molecule has 0 heterocycles. The third-order valence-electron chi connectivity index (χ3n) is 4.56. The smallest absolute Gasteiger partial charge is 0.289 e. The highest BCUT2D eigenvalue weighted by Gasteiger charge is 2.35. The third kappa shape index (κ3) is 4.07. The number of methoxy groups -OCH3 is 1. The Morgan fingerprint density at radius 3 is 2.10 bits per heavy atom. The van der Waals surface area contributed by atoms with Crippen molar-refractivity contribution in [1.82, 2.24) is 0 Å². The molecule has 3 aromatic carbocycles. The van der Waals surface area contributed by atoms with Crippen molar-refractivity contribution < 1.29 is 18.1 Å². The number of anilines is 1. The minimum atomic E-state index is -4.25. The van der Waals surface area contributed by atoms with E-state index >= 15 is 0 Å². The van der Waals surface area contributed by atoms with Crippen LogP contribution in [0.15, 0.2) is 83.8 Å². The number of nitro benzene ring substituents is 1. The molecule has 8 heteroatoms. The second-order valence-corrected chi connectivity index (χ2v) is 8.09. The largest absolute Gasteiger partial charge is 0.497 e. The Balaban J connectivity index is 2.20. The number of ether oxygens (including phenoxy) is 1. The van der Waals surface area contributed by atoms with Crippen LogP contribution in [0.3, 0.4) is 0 Å². The fraction of sp³-hybridized carbons (Fsp3) is 0.143. The summed E-state index contributed by atoms with van der Waals surface area (Å²) in [7, 11) is -2.73. The van der Waals surface area contributed by atoms with E-state index in [1.165, 1.54) is 35.7 Å². The summed E-state index contributed by atoms with van der Waals surface area (Å²) in [5.41, 5.74) is 0.664. The molecular formula is C21H20N2O5S. The van der Waals surface area contributed by atoms with Crippen molar-refractivity contribution in [2.75, 3.05) is 11.4 Å². The molecule has 0 amide bonds. The first kappa shape index (κ1) is 20.3. The molecule has 0 aliphatic rings. The van der Waals surface area contributed by atoms with Crippen molar-refractivity contribution in [2.24, 2.45) is 0 Å². The van der Waals surface area contributed by atoms with Gasteiger partial charge in [0.05, 0.1) is 23.8 Å². The van der Waals surface area contributed by atoms with E-state index in [0.717, 1.165) is 5.56 Å². The van der Waals surface area contributed by atoms with E-state index in [9.17, 15) is 18.5 Å². The molecule has 0 spiro atoms. The number of nitro groups is 1. The maximum Gasteiger partial charge on any atom is 0.289 e. The molecule has 0 N–H and O–H groups in total. The Labute approximate surface area is 169 Å². The zero-order chi connectivity index (χ0) is 21.0. The molecule has 0 fully saturated rings. The van der Waals surface area contributed by atoms with Gasteiger partial charge in [0.2, 0.25) is 0 Å². The first-order valence-electron chi connectivity index (χ1n) is 8.83. The molecule has 0 radical (unpaired) electrons. The SMILES string of the molecule is COc1ccc(N(C(C)c2ccccc2)S(=O)(=O)c2ccccc2[N+](=O)[O-])cc1. The summed E-state index contributed by atoms with van der Waals surface area (Å²) in [5, 5.41) is 11.5. The third-order valence-corrected chi connectivity index (χ3v) is 6.51. The molecule has 0 aromatic heterocycles. The number of benzene rings is 3. The fourth-order valence-corrected chi connectivity index (χ4v) is 4.91. The number of para-hydroxylation sites is 1. The highest BCUT2D eigenvalue weighted by Crippen LogP contribution is 2.36. The van der Waals surface area contributed by atoms with Gasteiger partial charge in [-0.2, -0.15) is 0 Å². The lowest BCUT2D eigenvalue weighted by atomic mass is 10.1. The maximum atomic E-state index is 13.6. The van der Waals surface area contributed by atoms with Crippen LogP contribution in [-0.2, 0) is 10.0 Å². The monoisotopic (exact) mass is 412 g/mol. The zero-order valence-corrected chi connectivity index (χ0v) is 16.7. The van der Waals surface area contributed by atoms with Crippen LogP contribution < -0.4 is 9.04 Å². The second kappa shape index (κ2) is 8.32. The molecule has 3 rings (SSSR count). The van der Waals surface area contributed by atoms with Crippen LogP contribution in [0.25, 0.3) is 0 Å². The van der Waals surface area contributed by atoms with Gasteiger partial charge in [-0.1, -0.05) is 42.5 Å². The van der Waals surface area contributed by atoms with Crippen molar-refractivity contribution in [3.8, 4) is 5.75 Å². The average molecular weight is 412 g/mol. The highest BCUT2D eigenvalue weighted by molar-refractivity contribution is 7.93. The fourth-order valence-electron chi connectivity index (χ4n) is 3.10. The van der Waals surface area contributed by atoms with E-state index in [2.05, 4.69) is 0 Å². The van der Waals surface area contributed by atoms with Gasteiger partial charge in [-0.25, -0.2) is 8.42 Å². The molecule has 1 atom stereocenters. The van der Waals surface area contributed by atoms with Crippen LogP contribution in [-0.4, -0.2) is 20.5 Å². The van der Waals surface area contributed by atoms with Crippen LogP contribution in [0.5, 0.6) is 5.75 Å². The van der Waals surface area contributed by atoms with E-state index < -0.39 is 26.7 Å². The summed E-state index contributed by atoms with van der Waals surface area (Å²) in [5.74, 6) is 0.573. The van der Waals surface area contributed by atoms with Crippen LogP contribution in [0.1, 0.15) is 18.5 Å². The van der Waals surface area contributed by atoms with Gasteiger partial charge in [-0.05, 0) is 42.8 Å². The van der Waals surface area contributed by atoms with Crippen molar-refractivity contribution in [3.63, 3.8) is 0 Å². The highest BCUT2D eigenvalue weighted by atomic mass is 32.2. The Kier molecular flexibility index (Phi) is 5.84. The average Bonchev–Trinajstić information content (AvgIpc) is 2.74. The molecular weight excluding hydrogens is 392 g/mol. The predicted molar refractivity (Wildman–Crippen MR) is 111 cm³/mol. The van der Waals surface area contributed by atoms with Gasteiger partial charge in [0, 0.05) is 6.07 Å². The van der Waals surface area contributed by atoms with Crippen molar-refractivity contribution in [2.45, 2.75) is 17.9 Å². The Hall–Kier alpha value is -3.39. The van der Waals surface area contributed by atoms with Crippen molar-refractivity contribution in [3.05, 3.63) is 94.5 Å². The molecule has 0 bridgehead atoms. The van der Waals surface area contributed by atoms with E-state index in [4.69, 9.17) is 4.74 Å². The predicted octanol–water partition coefficient (Wildman–Crippen LogP) is 4.56. The molecule has 29 heavy (non-hydrogen) atoms. The number of nitrogens with zero attached hydrogens (tertiary/aromatic N) is 2. The lowest BCUT2D eigenvalue weighted by molar-refractivity contribution is -0.387. The zero-order valence-electron chi connectivity index (χ0n) is 15.9. The first-order chi connectivity index (χ1) is 13.9. The molecule has 0 aliphatic heterocycles. The summed E-state index contributed by atoms with van der Waals surface area (Å²) >= 11 is 0. The number of hydrogen-bond acceptors (Lipinski definition) is 5. The van der Waals surface area contributed by atoms with Gasteiger partial charge in [-0.3, -0.25) is 14.4 Å². The topological polar surface area (TPSA) is 89.8 Å². The Morgan fingerprint density at radius 1 is 0.931 bits per heavy atom. The molecule has 3 aromatic rings. The van der Waals surface area contributed by atoms with E-state index in [0.29, 0.717) is 11.4 Å². The maximum absolute atomic E-state index is 13.6. The number of hydrogen-bond donors (Lipinski definition) is 0. The van der Waals surface area contributed by atoms with Crippen molar-refractivity contribution >= 4 is 21.4 Å². The van der Waals surface area contributed by atoms with Crippen LogP contribution in [0, 0.1) is 10.1 Å². The number of sulfonamides is 1. The molecule has 0 saturated carbocycles. The molecule has 150 valence electrons. The van der Waals surface area contributed by atoms with E-state index in [1.807, 2.05) is 30.3 Å². The van der Waals surface area contributed by atoms with Gasteiger partial charge >= 0.3 is 0 Å². The van der Waals surface area contributed by atoms with Crippen molar-refractivity contribution in [1.29, 1.82) is 0 Å². The summed E-state index contributed by atoms with van der Waals surface area (Å²) in [6.45, 7) is 1.74. The van der Waals surface area contributed by atoms with Crippen LogP contribution in [0.4, 0.5) is 11.4 Å². The molecule has 1 unspecified atom stereocenters. The summed E-state index contributed by atoms with van der Waals surface area (Å²) in [4.78, 5) is 10.4. The van der Waals surface area contributed by atoms with Gasteiger partial charge in [0.15, 0.2) is 4.90 Å². The number of rotatable bonds is 7. The minimum Gasteiger partial charge on any atom is -0.497 e. The summed E-state index contributed by atoms with van der Waals surface area (Å²) in [6, 6.07) is 20.4. The van der Waals surface area contributed by atoms with E-state index in [-0.39, 0.29) is 4.90 Å². The molecule has 7 nitrogen and oxygen atoms in total. The van der Waals surface area contributed by atoms with Crippen LogP contribution >= 0.6 is 0 Å². The second-order valence-electron chi connectivity index (χ2n) is 6.31. The summed E-state index contributed by atoms with van der Waals surface area (Å²) in [6.07, 6.45) is 0. The van der Waals surface area contributed by atoms with Gasteiger partial charge in [-0.15, -0.1) is 0 Å². The Bertz CT molecular complexity index is 1100. The van der Waals surface area contributed by atoms with Gasteiger partial charge in [0.1, 0.15) is 5.75 Å². The summed E-state index contributed by atoms with van der Waals surface area (Å²) < 4.78 is 33.6. The van der Waals surface area contributed by atoms with E-state index in [1.54, 1.807) is 31.2 Å². The molecule has 0 aliphatic carbocycles. The lowest BCUT2D eigenvalue weighted by Crippen LogP contribution is -2.34. The standard InChI is InChI=1S/C21H20N2O5S/c1-16(17-8-4-3-5-9-17)22(18-12-14-19(28-2)15-13-18)29(26,27)21-11-7-6-10-20(21)23(24)25/h3-16H,1-2H3. The normalized spacial score (nSPS) is 12.2. The molecule has 0 saturated heterocycles. The first-order valence-corrected chi connectivity index (χ1v) is 10.3. The van der Waals surface area contributed by atoms with Gasteiger partial charge in [0.25, 0.3) is 15.7 Å². The van der Waals surface area contributed by atoms with Gasteiger partial charge < -0.3 is 4.74 Å². The Morgan fingerprint density at radius 2 is 1.52 bits per heavy atom. The van der Waals surface area contributed by atoms with Crippen LogP contribution in [0.2, 0.25) is 0 Å². The quantitative estimate of drug-likeness (QED) is 0.419. The minimum absolute atomic E-state index is 0.358. The lowest BCUT2D eigenvalue weighted by Gasteiger charge is -2.31.